The minimum absolute atomic E-state index is 0.140. The van der Waals surface area contributed by atoms with E-state index in [0.717, 1.165) is 11.1 Å². The Balaban J connectivity index is 0.000000686. The molecule has 4 heteroatoms. The summed E-state index contributed by atoms with van der Waals surface area (Å²) in [6, 6.07) is 7.71. The molecule has 4 nitrogen and oxygen atoms in total. The first-order chi connectivity index (χ1) is 8.16. The third-order valence-corrected chi connectivity index (χ3v) is 2.21. The van der Waals surface area contributed by atoms with E-state index in [1.54, 1.807) is 6.08 Å². The Morgan fingerprint density at radius 3 is 2.71 bits per heavy atom. The molecule has 0 fully saturated rings. The van der Waals surface area contributed by atoms with Gasteiger partial charge < -0.3 is 4.40 Å². The van der Waals surface area contributed by atoms with Gasteiger partial charge in [0.05, 0.1) is 4.92 Å². The van der Waals surface area contributed by atoms with E-state index in [0.29, 0.717) is 0 Å². The monoisotopic (exact) mass is 232 g/mol. The van der Waals surface area contributed by atoms with Gasteiger partial charge in [0.15, 0.2) is 0 Å². The summed E-state index contributed by atoms with van der Waals surface area (Å²) in [4.78, 5) is 10.1. The normalized spacial score (nSPS) is 10.9. The molecule has 0 aliphatic heterocycles. The van der Waals surface area contributed by atoms with E-state index in [1.165, 1.54) is 6.92 Å². The van der Waals surface area contributed by atoms with Crippen LogP contribution in [0.3, 0.4) is 0 Å². The van der Waals surface area contributed by atoms with Crippen LogP contribution in [0.5, 0.6) is 0 Å². The second-order valence-corrected chi connectivity index (χ2v) is 3.35. The van der Waals surface area contributed by atoms with Gasteiger partial charge in [-0.25, -0.2) is 0 Å². The molecule has 0 radical (unpaired) electrons. The summed E-state index contributed by atoms with van der Waals surface area (Å²) in [6.07, 6.45) is 5.33. The summed E-state index contributed by atoms with van der Waals surface area (Å²) in [5.74, 6) is 0. The van der Waals surface area contributed by atoms with Crippen molar-refractivity contribution in [1.29, 1.82) is 0 Å². The van der Waals surface area contributed by atoms with E-state index in [9.17, 15) is 10.1 Å². The molecule has 0 saturated carbocycles. The first-order valence-corrected chi connectivity index (χ1v) is 5.56. The number of aromatic nitrogens is 1. The zero-order chi connectivity index (χ0) is 12.8. The van der Waals surface area contributed by atoms with Gasteiger partial charge in [-0.3, -0.25) is 10.1 Å². The van der Waals surface area contributed by atoms with E-state index >= 15 is 0 Å². The van der Waals surface area contributed by atoms with Crippen molar-refractivity contribution in [3.8, 4) is 0 Å². The van der Waals surface area contributed by atoms with Crippen LogP contribution in [0.4, 0.5) is 0 Å². The summed E-state index contributed by atoms with van der Waals surface area (Å²) < 4.78 is 1.93. The first-order valence-electron chi connectivity index (χ1n) is 5.56. The van der Waals surface area contributed by atoms with Gasteiger partial charge in [0.25, 0.3) is 0 Å². The fraction of sp³-hybridized carbons (Fsp3) is 0.231. The van der Waals surface area contributed by atoms with Gasteiger partial charge in [-0.1, -0.05) is 19.9 Å². The van der Waals surface area contributed by atoms with Crippen molar-refractivity contribution < 1.29 is 4.92 Å². The van der Waals surface area contributed by atoms with E-state index in [2.05, 4.69) is 0 Å². The van der Waals surface area contributed by atoms with Crippen LogP contribution in [0.2, 0.25) is 0 Å². The lowest BCUT2D eigenvalue weighted by atomic mass is 10.2. The molecule has 0 spiro atoms. The predicted octanol–water partition coefficient (Wildman–Crippen LogP) is 3.60. The van der Waals surface area contributed by atoms with Crippen LogP contribution in [0.25, 0.3) is 11.6 Å². The highest BCUT2D eigenvalue weighted by Gasteiger charge is 2.02. The van der Waals surface area contributed by atoms with Crippen molar-refractivity contribution >= 4 is 11.6 Å². The van der Waals surface area contributed by atoms with Gasteiger partial charge in [-0.05, 0) is 23.8 Å². The summed E-state index contributed by atoms with van der Waals surface area (Å²) in [7, 11) is 0. The molecule has 0 aliphatic rings. The number of hydrogen-bond acceptors (Lipinski definition) is 2. The Bertz CT molecular complexity index is 541. The zero-order valence-corrected chi connectivity index (χ0v) is 10.3. The average molecular weight is 232 g/mol. The van der Waals surface area contributed by atoms with Crippen LogP contribution in [0, 0.1) is 10.1 Å². The highest BCUT2D eigenvalue weighted by molar-refractivity contribution is 5.56. The Hall–Kier alpha value is -2.10. The van der Waals surface area contributed by atoms with Crippen LogP contribution >= 0.6 is 0 Å². The van der Waals surface area contributed by atoms with Gasteiger partial charge in [0.1, 0.15) is 0 Å². The largest absolute Gasteiger partial charge is 0.323 e. The number of rotatable bonds is 2. The maximum Gasteiger partial charge on any atom is 0.243 e. The van der Waals surface area contributed by atoms with Crippen molar-refractivity contribution in [3.05, 3.63) is 58.0 Å². The fourth-order valence-corrected chi connectivity index (χ4v) is 1.43. The fourth-order valence-electron chi connectivity index (χ4n) is 1.43. The van der Waals surface area contributed by atoms with Crippen LogP contribution in [-0.2, 0) is 0 Å². The van der Waals surface area contributed by atoms with E-state index in [-0.39, 0.29) is 10.6 Å². The topological polar surface area (TPSA) is 47.5 Å². The molecule has 0 N–H and O–H groups in total. The van der Waals surface area contributed by atoms with Crippen molar-refractivity contribution in [1.82, 2.24) is 4.40 Å². The molecule has 0 atom stereocenters. The lowest BCUT2D eigenvalue weighted by Crippen LogP contribution is -1.93. The average Bonchev–Trinajstić information content (AvgIpc) is 2.78. The predicted molar refractivity (Wildman–Crippen MR) is 69.4 cm³/mol. The minimum atomic E-state index is -0.389. The van der Waals surface area contributed by atoms with Crippen molar-refractivity contribution in [2.75, 3.05) is 0 Å². The first kappa shape index (κ1) is 13.0. The Morgan fingerprint density at radius 2 is 2.06 bits per heavy atom. The highest BCUT2D eigenvalue weighted by Crippen LogP contribution is 2.10. The second kappa shape index (κ2) is 5.84. The molecule has 0 aromatic carbocycles. The molecule has 2 aromatic heterocycles. The highest BCUT2D eigenvalue weighted by atomic mass is 16.6. The van der Waals surface area contributed by atoms with Gasteiger partial charge in [-0.15, -0.1) is 0 Å². The minimum Gasteiger partial charge on any atom is -0.323 e. The molecule has 0 aliphatic carbocycles. The molecule has 0 bridgehead atoms. The molecule has 0 amide bonds. The molecule has 0 saturated heterocycles. The number of fused-ring (bicyclic) bond motifs is 1. The van der Waals surface area contributed by atoms with Crippen molar-refractivity contribution in [2.24, 2.45) is 0 Å². The maximum absolute atomic E-state index is 10.4. The summed E-state index contributed by atoms with van der Waals surface area (Å²) >= 11 is 0. The lowest BCUT2D eigenvalue weighted by molar-refractivity contribution is -0.422. The molecule has 17 heavy (non-hydrogen) atoms. The Labute approximate surface area is 100 Å². The standard InChI is InChI=1S/C11H10N2O2.C2H6/c1-9(13(14)15)7-10-4-5-11-3-2-6-12(11)8-10;1-2/h2-8H,1H3;1-2H3/b9-7+;. The van der Waals surface area contributed by atoms with Gasteiger partial charge in [-0.2, -0.15) is 0 Å². The molecule has 2 aromatic rings. The van der Waals surface area contributed by atoms with Crippen LogP contribution in [0.1, 0.15) is 26.3 Å². The summed E-state index contributed by atoms with van der Waals surface area (Å²) in [5.41, 5.74) is 2.04. The molecular weight excluding hydrogens is 216 g/mol. The third-order valence-electron chi connectivity index (χ3n) is 2.21. The van der Waals surface area contributed by atoms with Crippen LogP contribution in [-0.4, -0.2) is 9.32 Å². The number of allylic oxidation sites excluding steroid dienone is 1. The molecule has 2 rings (SSSR count). The van der Waals surface area contributed by atoms with Crippen LogP contribution < -0.4 is 0 Å². The van der Waals surface area contributed by atoms with Gasteiger partial charge in [0.2, 0.25) is 5.70 Å². The van der Waals surface area contributed by atoms with Crippen molar-refractivity contribution in [2.45, 2.75) is 20.8 Å². The number of hydrogen-bond donors (Lipinski definition) is 0. The van der Waals surface area contributed by atoms with Crippen LogP contribution in [0.15, 0.2) is 42.4 Å². The van der Waals surface area contributed by atoms with Gasteiger partial charge in [0, 0.05) is 30.9 Å². The molecule has 2 heterocycles. The zero-order valence-electron chi connectivity index (χ0n) is 10.3. The number of nitrogens with zero attached hydrogens (tertiary/aromatic N) is 2. The lowest BCUT2D eigenvalue weighted by Gasteiger charge is -1.97. The second-order valence-electron chi connectivity index (χ2n) is 3.35. The van der Waals surface area contributed by atoms with Gasteiger partial charge >= 0.3 is 0 Å². The van der Waals surface area contributed by atoms with Crippen molar-refractivity contribution in [3.63, 3.8) is 0 Å². The van der Waals surface area contributed by atoms with E-state index < -0.39 is 0 Å². The molecule has 0 unspecified atom stereocenters. The third kappa shape index (κ3) is 3.17. The van der Waals surface area contributed by atoms with E-state index in [4.69, 9.17) is 0 Å². The maximum atomic E-state index is 10.4. The molecular formula is C13H16N2O2. The smallest absolute Gasteiger partial charge is 0.243 e. The SMILES string of the molecule is C/C(=C\c1ccc2cccn2c1)[N+](=O)[O-].CC. The Kier molecular flexibility index (Phi) is 4.46. The molecule has 90 valence electrons. The summed E-state index contributed by atoms with van der Waals surface area (Å²) in [5, 5.41) is 10.4. The quantitative estimate of drug-likeness (QED) is 0.586. The van der Waals surface area contributed by atoms with E-state index in [1.807, 2.05) is 54.9 Å². The number of nitro groups is 1. The Morgan fingerprint density at radius 1 is 1.35 bits per heavy atom. The number of pyridine rings is 1. The summed E-state index contributed by atoms with van der Waals surface area (Å²) in [6.45, 7) is 5.49.